The van der Waals surface area contributed by atoms with Crippen molar-refractivity contribution in [2.24, 2.45) is 5.92 Å². The summed E-state index contributed by atoms with van der Waals surface area (Å²) in [5.74, 6) is 0.177. The van der Waals surface area contributed by atoms with Gasteiger partial charge in [-0.3, -0.25) is 14.9 Å². The Labute approximate surface area is 108 Å². The van der Waals surface area contributed by atoms with Crippen LogP contribution in [0.4, 0.5) is 17.5 Å². The standard InChI is InChI=1S/C10H14N6O3/c11-10-14-5-7(16(18)19)8(15-10)12-3-4-13-9(17)6-1-2-6/h5-6H,1-4H2,(H,13,17)(H3,11,12,14,15). The molecule has 0 unspecified atom stereocenters. The van der Waals surface area contributed by atoms with Crippen LogP contribution >= 0.6 is 0 Å². The number of amides is 1. The van der Waals surface area contributed by atoms with E-state index in [0.29, 0.717) is 13.1 Å². The highest BCUT2D eigenvalue weighted by Crippen LogP contribution is 2.28. The fraction of sp³-hybridized carbons (Fsp3) is 0.500. The van der Waals surface area contributed by atoms with Crippen LogP contribution in [0.15, 0.2) is 6.20 Å². The van der Waals surface area contributed by atoms with Crippen molar-refractivity contribution >= 4 is 23.4 Å². The average Bonchev–Trinajstić information content (AvgIpc) is 3.18. The van der Waals surface area contributed by atoms with Crippen molar-refractivity contribution in [2.45, 2.75) is 12.8 Å². The van der Waals surface area contributed by atoms with Crippen molar-refractivity contribution < 1.29 is 9.72 Å². The summed E-state index contributed by atoms with van der Waals surface area (Å²) < 4.78 is 0. The first-order chi connectivity index (χ1) is 9.08. The van der Waals surface area contributed by atoms with Crippen LogP contribution in [0.2, 0.25) is 0 Å². The summed E-state index contributed by atoms with van der Waals surface area (Å²) in [6.07, 6.45) is 2.92. The van der Waals surface area contributed by atoms with E-state index < -0.39 is 4.92 Å². The lowest BCUT2D eigenvalue weighted by atomic mass is 10.4. The van der Waals surface area contributed by atoms with Gasteiger partial charge in [0.1, 0.15) is 6.20 Å². The number of aromatic nitrogens is 2. The van der Waals surface area contributed by atoms with Gasteiger partial charge in [-0.15, -0.1) is 0 Å². The third-order valence-electron chi connectivity index (χ3n) is 2.65. The smallest absolute Gasteiger partial charge is 0.329 e. The van der Waals surface area contributed by atoms with Gasteiger partial charge in [0.15, 0.2) is 0 Å². The molecule has 0 saturated heterocycles. The Bertz CT molecular complexity index is 502. The molecule has 19 heavy (non-hydrogen) atoms. The molecule has 0 aromatic carbocycles. The van der Waals surface area contributed by atoms with Gasteiger partial charge in [-0.05, 0) is 12.8 Å². The van der Waals surface area contributed by atoms with Crippen LogP contribution in [0, 0.1) is 16.0 Å². The maximum atomic E-state index is 11.4. The van der Waals surface area contributed by atoms with E-state index in [0.717, 1.165) is 19.0 Å². The molecule has 102 valence electrons. The molecule has 1 aromatic heterocycles. The Hall–Kier alpha value is -2.45. The number of hydrogen-bond acceptors (Lipinski definition) is 7. The molecule has 1 fully saturated rings. The summed E-state index contributed by atoms with van der Waals surface area (Å²) >= 11 is 0. The second-order valence-electron chi connectivity index (χ2n) is 4.21. The molecular formula is C10H14N6O3. The van der Waals surface area contributed by atoms with E-state index in [2.05, 4.69) is 20.6 Å². The molecule has 1 saturated carbocycles. The van der Waals surface area contributed by atoms with Gasteiger partial charge in [0.2, 0.25) is 17.7 Å². The Kier molecular flexibility index (Phi) is 3.74. The molecule has 0 atom stereocenters. The van der Waals surface area contributed by atoms with E-state index in [-0.39, 0.29) is 29.3 Å². The van der Waals surface area contributed by atoms with E-state index in [4.69, 9.17) is 5.73 Å². The summed E-state index contributed by atoms with van der Waals surface area (Å²) in [6.45, 7) is 0.701. The number of hydrogen-bond donors (Lipinski definition) is 3. The predicted molar refractivity (Wildman–Crippen MR) is 67.3 cm³/mol. The van der Waals surface area contributed by atoms with Gasteiger partial charge in [0.25, 0.3) is 0 Å². The molecule has 0 aliphatic heterocycles. The molecule has 1 amide bonds. The van der Waals surface area contributed by atoms with Gasteiger partial charge < -0.3 is 16.4 Å². The number of carbonyl (C=O) groups is 1. The maximum absolute atomic E-state index is 11.4. The monoisotopic (exact) mass is 266 g/mol. The van der Waals surface area contributed by atoms with Gasteiger partial charge in [-0.25, -0.2) is 4.98 Å². The molecule has 0 bridgehead atoms. The van der Waals surface area contributed by atoms with Gasteiger partial charge in [0, 0.05) is 19.0 Å². The van der Waals surface area contributed by atoms with Crippen LogP contribution in [-0.2, 0) is 4.79 Å². The number of nitrogen functional groups attached to an aromatic ring is 1. The second kappa shape index (κ2) is 5.46. The highest BCUT2D eigenvalue weighted by molar-refractivity contribution is 5.80. The summed E-state index contributed by atoms with van der Waals surface area (Å²) in [5, 5.41) is 16.2. The molecule has 9 heteroatoms. The number of nitrogens with zero attached hydrogens (tertiary/aromatic N) is 3. The largest absolute Gasteiger partial charge is 0.368 e. The van der Waals surface area contributed by atoms with Crippen molar-refractivity contribution in [1.82, 2.24) is 15.3 Å². The lowest BCUT2D eigenvalue weighted by Gasteiger charge is -2.07. The quantitative estimate of drug-likeness (QED) is 0.371. The minimum absolute atomic E-state index is 0.0264. The number of rotatable bonds is 6. The molecule has 1 aromatic rings. The second-order valence-corrected chi connectivity index (χ2v) is 4.21. The topological polar surface area (TPSA) is 136 Å². The molecule has 9 nitrogen and oxygen atoms in total. The van der Waals surface area contributed by atoms with Crippen molar-refractivity contribution in [3.8, 4) is 0 Å². The van der Waals surface area contributed by atoms with Gasteiger partial charge in [-0.1, -0.05) is 0 Å². The summed E-state index contributed by atoms with van der Waals surface area (Å²) in [6, 6.07) is 0. The summed E-state index contributed by atoms with van der Waals surface area (Å²) in [4.78, 5) is 28.8. The van der Waals surface area contributed by atoms with E-state index in [1.807, 2.05) is 0 Å². The highest BCUT2D eigenvalue weighted by atomic mass is 16.6. The van der Waals surface area contributed by atoms with E-state index in [1.165, 1.54) is 0 Å². The third kappa shape index (κ3) is 3.50. The minimum Gasteiger partial charge on any atom is -0.368 e. The number of nitrogens with two attached hydrogens (primary N) is 1. The Balaban J connectivity index is 1.85. The highest BCUT2D eigenvalue weighted by Gasteiger charge is 2.29. The number of carbonyl (C=O) groups excluding carboxylic acids is 1. The molecule has 4 N–H and O–H groups in total. The fourth-order valence-corrected chi connectivity index (χ4v) is 1.51. The minimum atomic E-state index is -0.593. The van der Waals surface area contributed by atoms with E-state index in [1.54, 1.807) is 0 Å². The molecule has 0 radical (unpaired) electrons. The number of nitrogens with one attached hydrogen (secondary N) is 2. The first-order valence-corrected chi connectivity index (χ1v) is 5.86. The Morgan fingerprint density at radius 3 is 2.89 bits per heavy atom. The molecule has 0 spiro atoms. The first-order valence-electron chi connectivity index (χ1n) is 5.86. The lowest BCUT2D eigenvalue weighted by molar-refractivity contribution is -0.384. The van der Waals surface area contributed by atoms with Gasteiger partial charge >= 0.3 is 5.69 Å². The molecule has 1 aliphatic rings. The summed E-state index contributed by atoms with van der Waals surface area (Å²) in [7, 11) is 0. The predicted octanol–water partition coefficient (Wildman–Crippen LogP) is -0.0949. The fourth-order valence-electron chi connectivity index (χ4n) is 1.51. The van der Waals surface area contributed by atoms with Crippen LogP contribution in [0.25, 0.3) is 0 Å². The maximum Gasteiger partial charge on any atom is 0.329 e. The lowest BCUT2D eigenvalue weighted by Crippen LogP contribution is -2.30. The van der Waals surface area contributed by atoms with Crippen molar-refractivity contribution in [1.29, 1.82) is 0 Å². The zero-order chi connectivity index (χ0) is 13.8. The van der Waals surface area contributed by atoms with Crippen LogP contribution in [-0.4, -0.2) is 33.9 Å². The van der Waals surface area contributed by atoms with Crippen LogP contribution in [0.3, 0.4) is 0 Å². The van der Waals surface area contributed by atoms with Crippen molar-refractivity contribution in [2.75, 3.05) is 24.1 Å². The third-order valence-corrected chi connectivity index (χ3v) is 2.65. The number of anilines is 2. The molecular weight excluding hydrogens is 252 g/mol. The molecule has 2 rings (SSSR count). The summed E-state index contributed by atoms with van der Waals surface area (Å²) in [5.41, 5.74) is 5.13. The van der Waals surface area contributed by atoms with E-state index >= 15 is 0 Å². The van der Waals surface area contributed by atoms with E-state index in [9.17, 15) is 14.9 Å². The first kappa shape index (κ1) is 13.0. The Morgan fingerprint density at radius 2 is 2.26 bits per heavy atom. The van der Waals surface area contributed by atoms with Crippen LogP contribution < -0.4 is 16.4 Å². The van der Waals surface area contributed by atoms with Gasteiger partial charge in [0.05, 0.1) is 4.92 Å². The van der Waals surface area contributed by atoms with Crippen molar-refractivity contribution in [3.05, 3.63) is 16.3 Å². The molecule has 1 heterocycles. The van der Waals surface area contributed by atoms with Crippen LogP contribution in [0.5, 0.6) is 0 Å². The average molecular weight is 266 g/mol. The zero-order valence-corrected chi connectivity index (χ0v) is 10.1. The van der Waals surface area contributed by atoms with Crippen LogP contribution in [0.1, 0.15) is 12.8 Å². The number of nitro groups is 1. The van der Waals surface area contributed by atoms with Gasteiger partial charge in [-0.2, -0.15) is 4.98 Å². The SMILES string of the molecule is Nc1ncc([N+](=O)[O-])c(NCCNC(=O)C2CC2)n1. The Morgan fingerprint density at radius 1 is 1.53 bits per heavy atom. The normalized spacial score (nSPS) is 13.9. The van der Waals surface area contributed by atoms with Crippen molar-refractivity contribution in [3.63, 3.8) is 0 Å². The zero-order valence-electron chi connectivity index (χ0n) is 10.1. The molecule has 1 aliphatic carbocycles.